The molecule has 0 atom stereocenters. The highest BCUT2D eigenvalue weighted by atomic mass is 16.5. The Morgan fingerprint density at radius 2 is 0.663 bits per heavy atom. The standard InChI is InChI=1S/C79H52B2N6O2/c1-8-28-53(29-9-1)83(54-30-10-2-11-31-54)60-48-70-75-72(50-60)88-77-64(80(75)62-42-22-25-45-67(62)85(70)57-36-16-5-17-37-57)52-65-78(74(77)79-82-66-44-24-27-47-69(66)87(79)59-40-20-7-21-41-59)89-73-51-61(84(55-32-12-3-13-33-55)56-34-14-4-15-35-56)49-71-76(73)81(65)63-43-23-26-46-68(63)86(71)58-38-18-6-19-39-58/h1-52H. The molecule has 89 heavy (non-hydrogen) atoms. The van der Waals surface area contributed by atoms with Gasteiger partial charge in [0.1, 0.15) is 28.6 Å². The molecule has 1 aromatic heterocycles. The third-order valence-corrected chi connectivity index (χ3v) is 18.0. The molecule has 14 aromatic rings. The molecule has 4 aliphatic rings. The third-order valence-electron chi connectivity index (χ3n) is 18.0. The highest BCUT2D eigenvalue weighted by Gasteiger charge is 2.49. The predicted molar refractivity (Wildman–Crippen MR) is 368 cm³/mol. The van der Waals surface area contributed by atoms with E-state index in [1.807, 2.05) is 0 Å². The lowest BCUT2D eigenvalue weighted by Crippen LogP contribution is -2.63. The van der Waals surface area contributed by atoms with Crippen molar-refractivity contribution in [3.05, 3.63) is 315 Å². The van der Waals surface area contributed by atoms with Gasteiger partial charge in [0.25, 0.3) is 13.4 Å². The van der Waals surface area contributed by atoms with Gasteiger partial charge in [-0.3, -0.25) is 4.57 Å². The molecule has 4 aliphatic heterocycles. The highest BCUT2D eigenvalue weighted by molar-refractivity contribution is 7.02. The number of ether oxygens (including phenoxy) is 2. The smallest absolute Gasteiger partial charge is 0.256 e. The van der Waals surface area contributed by atoms with E-state index >= 15 is 0 Å². The number of nitrogens with zero attached hydrogens (tertiary/aromatic N) is 6. The summed E-state index contributed by atoms with van der Waals surface area (Å²) in [5.41, 5.74) is 22.4. The third kappa shape index (κ3) is 8.00. The van der Waals surface area contributed by atoms with Gasteiger partial charge in [-0.2, -0.15) is 0 Å². The molecular weight excluding hydrogens is 1090 g/mol. The molecule has 0 spiro atoms. The van der Waals surface area contributed by atoms with Crippen LogP contribution in [0.4, 0.5) is 68.2 Å². The Hall–Kier alpha value is -11.7. The zero-order chi connectivity index (χ0) is 58.5. The first-order chi connectivity index (χ1) is 44.2. The maximum Gasteiger partial charge on any atom is 0.256 e. The number of hydrogen-bond acceptors (Lipinski definition) is 7. The first-order valence-electron chi connectivity index (χ1n) is 30.3. The molecule has 416 valence electrons. The van der Waals surface area contributed by atoms with Crippen LogP contribution in [0.25, 0.3) is 28.1 Å². The van der Waals surface area contributed by atoms with Crippen LogP contribution in [-0.4, -0.2) is 23.0 Å². The van der Waals surface area contributed by atoms with Crippen LogP contribution in [0.15, 0.2) is 315 Å². The fourth-order valence-corrected chi connectivity index (χ4v) is 14.4. The fourth-order valence-electron chi connectivity index (χ4n) is 14.4. The van der Waals surface area contributed by atoms with Crippen LogP contribution in [-0.2, 0) is 0 Å². The lowest BCUT2D eigenvalue weighted by molar-refractivity contribution is 0.468. The van der Waals surface area contributed by atoms with E-state index in [-0.39, 0.29) is 13.4 Å². The summed E-state index contributed by atoms with van der Waals surface area (Å²) in [5, 5.41) is 0. The van der Waals surface area contributed by atoms with Crippen LogP contribution in [0.1, 0.15) is 0 Å². The van der Waals surface area contributed by atoms with Crippen molar-refractivity contribution in [1.82, 2.24) is 9.55 Å². The summed E-state index contributed by atoms with van der Waals surface area (Å²) in [7, 11) is 0. The number of aromatic nitrogens is 2. The summed E-state index contributed by atoms with van der Waals surface area (Å²) in [6.07, 6.45) is 0. The molecule has 0 N–H and O–H groups in total. The molecule has 18 rings (SSSR count). The Labute approximate surface area is 516 Å². The van der Waals surface area contributed by atoms with E-state index in [2.05, 4.69) is 340 Å². The molecule has 0 amide bonds. The van der Waals surface area contributed by atoms with E-state index in [0.29, 0.717) is 17.3 Å². The summed E-state index contributed by atoms with van der Waals surface area (Å²) < 4.78 is 18.4. The Morgan fingerprint density at radius 1 is 0.303 bits per heavy atom. The maximum atomic E-state index is 8.04. The number of imidazole rings is 1. The zero-order valence-electron chi connectivity index (χ0n) is 48.2. The first-order valence-corrected chi connectivity index (χ1v) is 30.3. The minimum Gasteiger partial charge on any atom is -0.457 e. The molecule has 0 saturated heterocycles. The molecule has 8 nitrogen and oxygen atoms in total. The second-order valence-corrected chi connectivity index (χ2v) is 23.0. The SMILES string of the molecule is c1ccc(N(c2ccccc2)c2cc3c4c(c2)N(c2ccccc2)c2ccccc2B4c2cc4c(c(-c5nc6ccccc6n5-c5ccccc5)c2O3)Oc2cc(N(c3ccccc3)c3ccccc3)cc3c2B4c2ccccc2N3c2ccccc2)cc1. The lowest BCUT2D eigenvalue weighted by Gasteiger charge is -2.43. The molecule has 0 saturated carbocycles. The van der Waals surface area contributed by atoms with E-state index in [0.717, 1.165) is 135 Å². The highest BCUT2D eigenvalue weighted by Crippen LogP contribution is 2.52. The number of hydrogen-bond donors (Lipinski definition) is 0. The van der Waals surface area contributed by atoms with Gasteiger partial charge in [0.15, 0.2) is 5.82 Å². The first kappa shape index (κ1) is 50.6. The van der Waals surface area contributed by atoms with Crippen LogP contribution in [0.3, 0.4) is 0 Å². The molecule has 0 bridgehead atoms. The maximum absolute atomic E-state index is 8.04. The van der Waals surface area contributed by atoms with Crippen molar-refractivity contribution in [2.75, 3.05) is 19.6 Å². The number of fused-ring (bicyclic) bond motifs is 9. The average Bonchev–Trinajstić information content (AvgIpc) is 1.40. The molecule has 0 radical (unpaired) electrons. The number of rotatable bonds is 10. The summed E-state index contributed by atoms with van der Waals surface area (Å²) in [5.74, 6) is 3.58. The molecule has 5 heterocycles. The quantitative estimate of drug-likeness (QED) is 0.126. The van der Waals surface area contributed by atoms with E-state index in [4.69, 9.17) is 14.5 Å². The van der Waals surface area contributed by atoms with Crippen molar-refractivity contribution in [2.45, 2.75) is 0 Å². The van der Waals surface area contributed by atoms with E-state index in [1.54, 1.807) is 0 Å². The van der Waals surface area contributed by atoms with Crippen LogP contribution < -0.4 is 61.9 Å². The van der Waals surface area contributed by atoms with Crippen molar-refractivity contribution in [2.24, 2.45) is 0 Å². The van der Waals surface area contributed by atoms with Crippen LogP contribution >= 0.6 is 0 Å². The molecule has 10 heteroatoms. The number of benzene rings is 13. The van der Waals surface area contributed by atoms with Crippen molar-refractivity contribution in [3.63, 3.8) is 0 Å². The normalized spacial score (nSPS) is 12.8. The second-order valence-electron chi connectivity index (χ2n) is 23.0. The molecular formula is C79H52B2N6O2. The van der Waals surface area contributed by atoms with Crippen molar-refractivity contribution >= 4 is 125 Å². The van der Waals surface area contributed by atoms with Gasteiger partial charge in [0.2, 0.25) is 0 Å². The molecule has 0 aliphatic carbocycles. The summed E-state index contributed by atoms with van der Waals surface area (Å²) in [4.78, 5) is 15.3. The van der Waals surface area contributed by atoms with Gasteiger partial charge < -0.3 is 29.1 Å². The minimum absolute atomic E-state index is 0.303. The van der Waals surface area contributed by atoms with Gasteiger partial charge in [0.05, 0.1) is 22.4 Å². The van der Waals surface area contributed by atoms with E-state index in [9.17, 15) is 0 Å². The zero-order valence-corrected chi connectivity index (χ0v) is 48.2. The van der Waals surface area contributed by atoms with Crippen molar-refractivity contribution in [3.8, 4) is 40.1 Å². The van der Waals surface area contributed by atoms with Crippen LogP contribution in [0.5, 0.6) is 23.0 Å². The monoisotopic (exact) mass is 1140 g/mol. The molecule has 13 aromatic carbocycles. The Morgan fingerprint density at radius 3 is 1.09 bits per heavy atom. The van der Waals surface area contributed by atoms with Gasteiger partial charge in [-0.15, -0.1) is 0 Å². The Kier molecular flexibility index (Phi) is 11.6. The minimum atomic E-state index is -0.303. The summed E-state index contributed by atoms with van der Waals surface area (Å²) in [6.45, 7) is -0.606. The van der Waals surface area contributed by atoms with E-state index < -0.39 is 0 Å². The Bertz CT molecular complexity index is 4720. The second kappa shape index (κ2) is 20.5. The van der Waals surface area contributed by atoms with Gasteiger partial charge in [-0.05, 0) is 154 Å². The van der Waals surface area contributed by atoms with Gasteiger partial charge in [-0.1, -0.05) is 182 Å². The average molecular weight is 1140 g/mol. The summed E-state index contributed by atoms with van der Waals surface area (Å²) >= 11 is 0. The van der Waals surface area contributed by atoms with Gasteiger partial charge >= 0.3 is 0 Å². The molecule has 0 unspecified atom stereocenters. The summed E-state index contributed by atoms with van der Waals surface area (Å²) in [6, 6.07) is 113. The number of para-hydroxylation sites is 11. The number of anilines is 12. The van der Waals surface area contributed by atoms with Crippen molar-refractivity contribution in [1.29, 1.82) is 0 Å². The van der Waals surface area contributed by atoms with E-state index in [1.165, 1.54) is 0 Å². The molecule has 0 fully saturated rings. The van der Waals surface area contributed by atoms with Crippen LogP contribution in [0, 0.1) is 0 Å². The van der Waals surface area contributed by atoms with Crippen LogP contribution in [0.2, 0.25) is 0 Å². The predicted octanol–water partition coefficient (Wildman–Crippen LogP) is 16.4. The Balaban J connectivity index is 0.969. The largest absolute Gasteiger partial charge is 0.457 e. The topological polar surface area (TPSA) is 49.2 Å². The van der Waals surface area contributed by atoms with Crippen molar-refractivity contribution < 1.29 is 9.47 Å². The lowest BCUT2D eigenvalue weighted by atomic mass is 9.30. The van der Waals surface area contributed by atoms with Gasteiger partial charge in [0, 0.05) is 74.7 Å². The van der Waals surface area contributed by atoms with Gasteiger partial charge in [-0.25, -0.2) is 4.98 Å². The fraction of sp³-hybridized carbons (Fsp3) is 0.